The highest BCUT2D eigenvalue weighted by Crippen LogP contribution is 2.46. The maximum Gasteiger partial charge on any atom is 0.329 e. The van der Waals surface area contributed by atoms with Gasteiger partial charge in [-0.15, -0.1) is 0 Å². The number of nitrogens with zero attached hydrogens (tertiary/aromatic N) is 1. The van der Waals surface area contributed by atoms with E-state index in [4.69, 9.17) is 4.74 Å². The predicted molar refractivity (Wildman–Crippen MR) is 107 cm³/mol. The third kappa shape index (κ3) is 4.03. The number of hydrogen-bond donors (Lipinski definition) is 0. The Balaban J connectivity index is 2.20. The summed E-state index contributed by atoms with van der Waals surface area (Å²) >= 11 is 0. The fourth-order valence-electron chi connectivity index (χ4n) is 3.35. The van der Waals surface area contributed by atoms with Crippen molar-refractivity contribution in [1.29, 1.82) is 0 Å². The van der Waals surface area contributed by atoms with E-state index in [0.717, 1.165) is 12.0 Å². The number of rotatable bonds is 6. The van der Waals surface area contributed by atoms with E-state index in [0.29, 0.717) is 5.92 Å². The van der Waals surface area contributed by atoms with Crippen LogP contribution in [-0.2, 0) is 20.9 Å². The molecule has 1 saturated heterocycles. The molecule has 0 aliphatic carbocycles. The van der Waals surface area contributed by atoms with Crippen molar-refractivity contribution in [2.24, 2.45) is 11.8 Å². The molecule has 144 valence electrons. The molecule has 1 aliphatic rings. The summed E-state index contributed by atoms with van der Waals surface area (Å²) in [5, 5.41) is -0.0105. The fraction of sp³-hybridized carbons (Fsp3) is 0.619. The molecule has 1 heterocycles. The van der Waals surface area contributed by atoms with Crippen LogP contribution in [0.4, 0.5) is 0 Å². The second-order valence-corrected chi connectivity index (χ2v) is 14.4. The molecule has 0 bridgehead atoms. The topological polar surface area (TPSA) is 46.6 Å². The Morgan fingerprint density at radius 3 is 2.27 bits per heavy atom. The van der Waals surface area contributed by atoms with Crippen LogP contribution in [0.1, 0.15) is 46.6 Å². The highest BCUT2D eigenvalue weighted by Gasteiger charge is 2.60. The van der Waals surface area contributed by atoms with Crippen LogP contribution in [0.2, 0.25) is 18.1 Å². The van der Waals surface area contributed by atoms with Gasteiger partial charge < -0.3 is 9.30 Å². The number of β-lactam (4-membered cyclic amide) rings is 1. The molecular formula is C21H33NO3Si. The molecule has 4 nitrogen and oxygen atoms in total. The number of carbonyl (C=O) groups is 2. The van der Waals surface area contributed by atoms with E-state index >= 15 is 0 Å². The molecule has 0 aromatic heterocycles. The number of hydrogen-bond acceptors (Lipinski definition) is 3. The van der Waals surface area contributed by atoms with Crippen LogP contribution < -0.4 is 0 Å². The molecule has 1 aromatic carbocycles. The molecule has 1 amide bonds. The molecule has 0 N–H and O–H groups in total. The minimum atomic E-state index is -2.13. The van der Waals surface area contributed by atoms with Gasteiger partial charge in [0.1, 0.15) is 12.6 Å². The van der Waals surface area contributed by atoms with Gasteiger partial charge in [0.25, 0.3) is 0 Å². The van der Waals surface area contributed by atoms with Gasteiger partial charge in [-0.3, -0.25) is 4.79 Å². The zero-order chi connectivity index (χ0) is 19.7. The van der Waals surface area contributed by atoms with Crippen LogP contribution in [0.25, 0.3) is 0 Å². The van der Waals surface area contributed by atoms with Crippen LogP contribution in [-0.4, -0.2) is 30.7 Å². The first-order valence-corrected chi connectivity index (χ1v) is 12.4. The van der Waals surface area contributed by atoms with Crippen molar-refractivity contribution in [3.05, 3.63) is 35.9 Å². The Morgan fingerprint density at radius 2 is 1.77 bits per heavy atom. The second-order valence-electron chi connectivity index (χ2n) is 9.29. The first-order valence-electron chi connectivity index (χ1n) is 9.50. The molecule has 2 atom stereocenters. The summed E-state index contributed by atoms with van der Waals surface area (Å²) in [6.45, 7) is 15.3. The molecule has 0 unspecified atom stereocenters. The van der Waals surface area contributed by atoms with E-state index in [-0.39, 0.29) is 29.4 Å². The lowest BCUT2D eigenvalue weighted by Crippen LogP contribution is -2.75. The van der Waals surface area contributed by atoms with Crippen molar-refractivity contribution in [1.82, 2.24) is 4.57 Å². The van der Waals surface area contributed by atoms with Crippen LogP contribution in [0.15, 0.2) is 30.3 Å². The molecule has 0 radical (unpaired) electrons. The van der Waals surface area contributed by atoms with E-state index in [1.807, 2.05) is 34.9 Å². The summed E-state index contributed by atoms with van der Waals surface area (Å²) in [4.78, 5) is 25.9. The lowest BCUT2D eigenvalue weighted by Gasteiger charge is -2.57. The highest BCUT2D eigenvalue weighted by molar-refractivity contribution is 6.80. The minimum Gasteiger partial charge on any atom is -0.459 e. The van der Waals surface area contributed by atoms with Crippen LogP contribution >= 0.6 is 0 Å². The van der Waals surface area contributed by atoms with Crippen LogP contribution in [0.5, 0.6) is 0 Å². The molecule has 5 heteroatoms. The number of esters is 1. The van der Waals surface area contributed by atoms with Crippen molar-refractivity contribution >= 4 is 20.1 Å². The Hall–Kier alpha value is -1.62. The SMILES string of the molecule is CC(C)C[C@H]1C(=O)N([Si](C)(C)C(C)(C)C)[C@@H]1C(=O)OCc1ccccc1. The molecule has 1 aliphatic heterocycles. The number of amides is 1. The van der Waals surface area contributed by atoms with Crippen molar-refractivity contribution in [2.75, 3.05) is 0 Å². The third-order valence-corrected chi connectivity index (χ3v) is 11.2. The van der Waals surface area contributed by atoms with Gasteiger partial charge in [0, 0.05) is 0 Å². The van der Waals surface area contributed by atoms with Crippen molar-refractivity contribution < 1.29 is 14.3 Å². The van der Waals surface area contributed by atoms with E-state index < -0.39 is 14.3 Å². The summed E-state index contributed by atoms with van der Waals surface area (Å²) in [6.07, 6.45) is 0.731. The van der Waals surface area contributed by atoms with Crippen molar-refractivity contribution in [3.63, 3.8) is 0 Å². The van der Waals surface area contributed by atoms with Gasteiger partial charge in [-0.2, -0.15) is 0 Å². The number of carbonyl (C=O) groups excluding carboxylic acids is 2. The Morgan fingerprint density at radius 1 is 1.19 bits per heavy atom. The van der Waals surface area contributed by atoms with Crippen LogP contribution in [0, 0.1) is 11.8 Å². The maximum atomic E-state index is 12.9. The molecule has 0 spiro atoms. The van der Waals surface area contributed by atoms with Gasteiger partial charge >= 0.3 is 5.97 Å². The Bertz CT molecular complexity index is 649. The first kappa shape index (κ1) is 20.7. The Kier molecular flexibility index (Phi) is 6.01. The molecule has 1 aromatic rings. The first-order chi connectivity index (χ1) is 12.0. The molecule has 2 rings (SSSR count). The average molecular weight is 376 g/mol. The quantitative estimate of drug-likeness (QED) is 0.414. The van der Waals surface area contributed by atoms with Gasteiger partial charge in [0.15, 0.2) is 8.24 Å². The van der Waals surface area contributed by atoms with Gasteiger partial charge in [-0.1, -0.05) is 78.0 Å². The zero-order valence-corrected chi connectivity index (χ0v) is 18.2. The fourth-order valence-corrected chi connectivity index (χ4v) is 5.77. The maximum absolute atomic E-state index is 12.9. The number of ether oxygens (including phenoxy) is 1. The summed E-state index contributed by atoms with van der Waals surface area (Å²) < 4.78 is 7.52. The van der Waals surface area contributed by atoms with Crippen LogP contribution in [0.3, 0.4) is 0 Å². The Labute approximate surface area is 159 Å². The lowest BCUT2D eigenvalue weighted by molar-refractivity contribution is -0.169. The summed E-state index contributed by atoms with van der Waals surface area (Å²) in [6, 6.07) is 9.24. The summed E-state index contributed by atoms with van der Waals surface area (Å²) in [5.74, 6) is -0.00165. The number of benzene rings is 1. The smallest absolute Gasteiger partial charge is 0.329 e. The highest BCUT2D eigenvalue weighted by atomic mass is 28.3. The van der Waals surface area contributed by atoms with E-state index in [9.17, 15) is 9.59 Å². The largest absolute Gasteiger partial charge is 0.459 e. The van der Waals surface area contributed by atoms with Gasteiger partial charge in [0.2, 0.25) is 5.91 Å². The van der Waals surface area contributed by atoms with Crippen molar-refractivity contribution in [3.8, 4) is 0 Å². The molecule has 26 heavy (non-hydrogen) atoms. The van der Waals surface area contributed by atoms with Gasteiger partial charge in [-0.25, -0.2) is 4.79 Å². The van der Waals surface area contributed by atoms with Gasteiger partial charge in [0.05, 0.1) is 5.92 Å². The molecular weight excluding hydrogens is 342 g/mol. The normalized spacial score (nSPS) is 20.9. The van der Waals surface area contributed by atoms with Gasteiger partial charge in [-0.05, 0) is 22.9 Å². The standard InChI is InChI=1S/C21H33NO3Si/c1-15(2)13-17-18(20(24)25-14-16-11-9-8-10-12-16)22(19(17)23)26(6,7)21(3,4)5/h8-12,15,17-18H,13-14H2,1-7H3/t17-,18+/m1/s1. The van der Waals surface area contributed by atoms with Crippen molar-refractivity contribution in [2.45, 2.75) is 71.8 Å². The predicted octanol–water partition coefficient (Wildman–Crippen LogP) is 4.61. The monoisotopic (exact) mass is 375 g/mol. The molecule has 1 fully saturated rings. The third-order valence-electron chi connectivity index (χ3n) is 5.84. The zero-order valence-electron chi connectivity index (χ0n) is 17.2. The van der Waals surface area contributed by atoms with E-state index in [2.05, 4.69) is 47.7 Å². The van der Waals surface area contributed by atoms with E-state index in [1.165, 1.54) is 0 Å². The average Bonchev–Trinajstić information content (AvgIpc) is 2.54. The van der Waals surface area contributed by atoms with E-state index in [1.54, 1.807) is 0 Å². The lowest BCUT2D eigenvalue weighted by atomic mass is 9.83. The summed E-state index contributed by atoms with van der Waals surface area (Å²) in [5.41, 5.74) is 0.964. The summed E-state index contributed by atoms with van der Waals surface area (Å²) in [7, 11) is -2.13. The minimum absolute atomic E-state index is 0.0105. The second kappa shape index (κ2) is 7.55. The molecule has 0 saturated carbocycles.